The molecule has 0 aromatic heterocycles. The summed E-state index contributed by atoms with van der Waals surface area (Å²) in [4.78, 5) is 12.0. The van der Waals surface area contributed by atoms with Gasteiger partial charge in [-0.2, -0.15) is 0 Å². The molecule has 2 aliphatic rings. The standard InChI is InChI=1S/C20H27NO4S/c1-26(23,24)13-5-10-17-16(14-6-2-3-7-14)11-12-18(20(21)22)19(17)25-15-8-4-9-15/h5,11-15H,2-4,6-10H2,1H3,(H2,21,22)/b13-5+. The zero-order chi connectivity index (χ0) is 18.7. The molecule has 3 rings (SSSR count). The molecule has 142 valence electrons. The van der Waals surface area contributed by atoms with Gasteiger partial charge in [0.05, 0.1) is 11.7 Å². The van der Waals surface area contributed by atoms with Crippen molar-refractivity contribution in [2.75, 3.05) is 6.26 Å². The van der Waals surface area contributed by atoms with Gasteiger partial charge in [0.2, 0.25) is 0 Å². The highest BCUT2D eigenvalue weighted by Crippen LogP contribution is 2.41. The first-order valence-electron chi connectivity index (χ1n) is 9.34. The van der Waals surface area contributed by atoms with Crippen LogP contribution in [0.4, 0.5) is 0 Å². The van der Waals surface area contributed by atoms with Crippen LogP contribution in [0.5, 0.6) is 5.75 Å². The molecule has 0 spiro atoms. The lowest BCUT2D eigenvalue weighted by Gasteiger charge is -2.29. The van der Waals surface area contributed by atoms with Crippen molar-refractivity contribution < 1.29 is 17.9 Å². The van der Waals surface area contributed by atoms with Gasteiger partial charge in [-0.25, -0.2) is 8.42 Å². The fourth-order valence-electron chi connectivity index (χ4n) is 3.80. The van der Waals surface area contributed by atoms with Crippen LogP contribution in [-0.4, -0.2) is 26.7 Å². The van der Waals surface area contributed by atoms with Gasteiger partial charge in [-0.1, -0.05) is 25.0 Å². The first-order chi connectivity index (χ1) is 12.3. The van der Waals surface area contributed by atoms with Gasteiger partial charge >= 0.3 is 0 Å². The number of hydrogen-bond donors (Lipinski definition) is 1. The lowest BCUT2D eigenvalue weighted by Crippen LogP contribution is -2.27. The molecule has 0 heterocycles. The van der Waals surface area contributed by atoms with E-state index in [0.29, 0.717) is 23.7 Å². The quantitative estimate of drug-likeness (QED) is 0.788. The van der Waals surface area contributed by atoms with Crippen LogP contribution in [0.2, 0.25) is 0 Å². The molecule has 1 amide bonds. The number of primary amides is 1. The van der Waals surface area contributed by atoms with Crippen LogP contribution in [0.25, 0.3) is 0 Å². The Balaban J connectivity index is 2.04. The smallest absolute Gasteiger partial charge is 0.252 e. The summed E-state index contributed by atoms with van der Waals surface area (Å²) in [6.45, 7) is 0. The highest BCUT2D eigenvalue weighted by Gasteiger charge is 2.27. The molecule has 0 unspecified atom stereocenters. The minimum atomic E-state index is -3.19. The van der Waals surface area contributed by atoms with Gasteiger partial charge in [-0.05, 0) is 56.1 Å². The van der Waals surface area contributed by atoms with E-state index in [9.17, 15) is 13.2 Å². The van der Waals surface area contributed by atoms with E-state index in [1.165, 1.54) is 30.1 Å². The molecule has 1 aromatic rings. The minimum Gasteiger partial charge on any atom is -0.489 e. The predicted octanol–water partition coefficient (Wildman–Crippen LogP) is 3.48. The molecule has 2 fully saturated rings. The maximum atomic E-state index is 12.0. The Morgan fingerprint density at radius 3 is 2.42 bits per heavy atom. The van der Waals surface area contributed by atoms with E-state index in [0.717, 1.165) is 37.7 Å². The molecule has 0 atom stereocenters. The molecular formula is C20H27NO4S. The number of rotatable bonds is 7. The van der Waals surface area contributed by atoms with Gasteiger partial charge in [0.15, 0.2) is 9.84 Å². The van der Waals surface area contributed by atoms with Crippen LogP contribution >= 0.6 is 0 Å². The van der Waals surface area contributed by atoms with Gasteiger partial charge in [0, 0.05) is 17.2 Å². The Morgan fingerprint density at radius 2 is 1.88 bits per heavy atom. The molecule has 0 bridgehead atoms. The Bertz CT molecular complexity index is 803. The van der Waals surface area contributed by atoms with E-state index in [1.54, 1.807) is 12.1 Å². The number of carbonyl (C=O) groups excluding carboxylic acids is 1. The lowest BCUT2D eigenvalue weighted by molar-refractivity contribution is 0.0969. The molecule has 26 heavy (non-hydrogen) atoms. The van der Waals surface area contributed by atoms with E-state index >= 15 is 0 Å². The van der Waals surface area contributed by atoms with Crippen LogP contribution in [0.3, 0.4) is 0 Å². The van der Waals surface area contributed by atoms with E-state index < -0.39 is 15.7 Å². The van der Waals surface area contributed by atoms with Crippen LogP contribution < -0.4 is 10.5 Å². The third-order valence-electron chi connectivity index (χ3n) is 5.36. The van der Waals surface area contributed by atoms with Crippen LogP contribution in [0.15, 0.2) is 23.6 Å². The molecule has 5 nitrogen and oxygen atoms in total. The lowest BCUT2D eigenvalue weighted by atomic mass is 9.88. The first kappa shape index (κ1) is 19.0. The van der Waals surface area contributed by atoms with Crippen molar-refractivity contribution in [2.45, 2.75) is 63.4 Å². The van der Waals surface area contributed by atoms with Crippen molar-refractivity contribution in [3.63, 3.8) is 0 Å². The molecule has 0 radical (unpaired) electrons. The zero-order valence-corrected chi connectivity index (χ0v) is 16.1. The topological polar surface area (TPSA) is 86.5 Å². The van der Waals surface area contributed by atoms with Gasteiger partial charge in [-0.3, -0.25) is 4.79 Å². The number of benzene rings is 1. The maximum Gasteiger partial charge on any atom is 0.252 e. The molecule has 2 saturated carbocycles. The number of sulfone groups is 1. The largest absolute Gasteiger partial charge is 0.489 e. The van der Waals surface area contributed by atoms with Crippen molar-refractivity contribution in [3.8, 4) is 5.75 Å². The Kier molecular flexibility index (Phi) is 5.70. The summed E-state index contributed by atoms with van der Waals surface area (Å²) < 4.78 is 29.1. The predicted molar refractivity (Wildman–Crippen MR) is 102 cm³/mol. The van der Waals surface area contributed by atoms with Crippen molar-refractivity contribution >= 4 is 15.7 Å². The zero-order valence-electron chi connectivity index (χ0n) is 15.2. The molecule has 2 N–H and O–H groups in total. The van der Waals surface area contributed by atoms with Gasteiger partial charge in [-0.15, -0.1) is 0 Å². The SMILES string of the molecule is CS(=O)(=O)/C=C/Cc1c(C2CCCC2)ccc(C(N)=O)c1OC1CCC1. The molecule has 1 aromatic carbocycles. The van der Waals surface area contributed by atoms with E-state index in [-0.39, 0.29) is 6.10 Å². The van der Waals surface area contributed by atoms with Crippen molar-refractivity contribution in [2.24, 2.45) is 5.73 Å². The summed E-state index contributed by atoms with van der Waals surface area (Å²) in [5.74, 6) is 0.484. The fraction of sp³-hybridized carbons (Fsp3) is 0.550. The fourth-order valence-corrected chi connectivity index (χ4v) is 4.24. The maximum absolute atomic E-state index is 12.0. The van der Waals surface area contributed by atoms with Crippen molar-refractivity contribution in [1.29, 1.82) is 0 Å². The van der Waals surface area contributed by atoms with Gasteiger partial charge < -0.3 is 10.5 Å². The third kappa shape index (κ3) is 4.47. The Morgan fingerprint density at radius 1 is 1.19 bits per heavy atom. The number of allylic oxidation sites excluding steroid dienone is 1. The molecule has 0 saturated heterocycles. The second kappa shape index (κ2) is 7.82. The van der Waals surface area contributed by atoms with E-state index in [1.807, 2.05) is 6.07 Å². The van der Waals surface area contributed by atoms with Crippen LogP contribution in [-0.2, 0) is 16.3 Å². The monoisotopic (exact) mass is 377 g/mol. The highest BCUT2D eigenvalue weighted by molar-refractivity contribution is 7.93. The van der Waals surface area contributed by atoms with Crippen molar-refractivity contribution in [3.05, 3.63) is 40.3 Å². The number of nitrogens with two attached hydrogens (primary N) is 1. The Hall–Kier alpha value is -1.82. The molecule has 6 heteroatoms. The van der Waals surface area contributed by atoms with Gasteiger partial charge in [0.25, 0.3) is 5.91 Å². The first-order valence-corrected chi connectivity index (χ1v) is 11.3. The normalized spacial score (nSPS) is 19.0. The summed E-state index contributed by atoms with van der Waals surface area (Å²) >= 11 is 0. The second-order valence-electron chi connectivity index (χ2n) is 7.43. The second-order valence-corrected chi connectivity index (χ2v) is 9.36. The average Bonchev–Trinajstić information content (AvgIpc) is 3.03. The molecule has 2 aliphatic carbocycles. The third-order valence-corrected chi connectivity index (χ3v) is 6.05. The summed E-state index contributed by atoms with van der Waals surface area (Å²) in [7, 11) is -3.19. The van der Waals surface area contributed by atoms with Crippen LogP contribution in [0.1, 0.15) is 72.3 Å². The Labute approximate surface area is 155 Å². The van der Waals surface area contributed by atoms with E-state index in [4.69, 9.17) is 10.5 Å². The van der Waals surface area contributed by atoms with Crippen LogP contribution in [0, 0.1) is 0 Å². The summed E-state index contributed by atoms with van der Waals surface area (Å²) in [6, 6.07) is 3.75. The highest BCUT2D eigenvalue weighted by atomic mass is 32.2. The minimum absolute atomic E-state index is 0.115. The average molecular weight is 378 g/mol. The molecular weight excluding hydrogens is 350 g/mol. The number of ether oxygens (including phenoxy) is 1. The summed E-state index contributed by atoms with van der Waals surface area (Å²) in [5, 5.41) is 1.22. The number of amides is 1. The van der Waals surface area contributed by atoms with E-state index in [2.05, 4.69) is 0 Å². The summed E-state index contributed by atoms with van der Waals surface area (Å²) in [6.07, 6.45) is 11.0. The van der Waals surface area contributed by atoms with Gasteiger partial charge in [0.1, 0.15) is 5.75 Å². The van der Waals surface area contributed by atoms with Crippen molar-refractivity contribution in [1.82, 2.24) is 0 Å². The number of hydrogen-bond acceptors (Lipinski definition) is 4. The molecule has 0 aliphatic heterocycles. The summed E-state index contributed by atoms with van der Waals surface area (Å²) in [5.41, 5.74) is 8.06. The number of carbonyl (C=O) groups is 1.